The molecule has 2 heterocycles. The number of rotatable bonds is 4. The Labute approximate surface area is 138 Å². The molecule has 0 aliphatic carbocycles. The third-order valence-corrected chi connectivity index (χ3v) is 3.83. The van der Waals surface area contributed by atoms with Crippen LogP contribution in [-0.2, 0) is 6.42 Å². The van der Waals surface area contributed by atoms with E-state index in [2.05, 4.69) is 9.97 Å². The van der Waals surface area contributed by atoms with Crippen molar-refractivity contribution in [3.05, 3.63) is 47.4 Å². The van der Waals surface area contributed by atoms with Crippen LogP contribution in [0, 0.1) is 5.82 Å². The number of nitrogens with zero attached hydrogens (tertiary/aromatic N) is 2. The van der Waals surface area contributed by atoms with E-state index in [1.54, 1.807) is 20.3 Å². The van der Waals surface area contributed by atoms with Crippen LogP contribution in [0.15, 0.2) is 30.5 Å². The normalized spacial score (nSPS) is 10.8. The first kappa shape index (κ1) is 15.8. The molecule has 0 atom stereocenters. The van der Waals surface area contributed by atoms with Crippen LogP contribution < -0.4 is 20.9 Å². The summed E-state index contributed by atoms with van der Waals surface area (Å²) in [6.45, 7) is 0. The van der Waals surface area contributed by atoms with Crippen molar-refractivity contribution in [1.82, 2.24) is 9.97 Å². The van der Waals surface area contributed by atoms with Gasteiger partial charge in [-0.15, -0.1) is 0 Å². The largest absolute Gasteiger partial charge is 0.497 e. The molecule has 124 valence electrons. The molecule has 0 aliphatic rings. The van der Waals surface area contributed by atoms with Gasteiger partial charge in [-0.25, -0.2) is 14.4 Å². The highest BCUT2D eigenvalue weighted by Gasteiger charge is 2.15. The first-order chi connectivity index (χ1) is 11.5. The van der Waals surface area contributed by atoms with E-state index in [4.69, 9.17) is 20.9 Å². The van der Waals surface area contributed by atoms with Gasteiger partial charge >= 0.3 is 0 Å². The second kappa shape index (κ2) is 6.19. The van der Waals surface area contributed by atoms with Gasteiger partial charge in [-0.3, -0.25) is 0 Å². The predicted octanol–water partition coefficient (Wildman–Crippen LogP) is 2.54. The number of halogens is 1. The van der Waals surface area contributed by atoms with Crippen molar-refractivity contribution in [2.24, 2.45) is 0 Å². The molecule has 0 radical (unpaired) electrons. The fourth-order valence-electron chi connectivity index (χ4n) is 2.57. The average molecular weight is 328 g/mol. The first-order valence-corrected chi connectivity index (χ1v) is 7.23. The lowest BCUT2D eigenvalue weighted by molar-refractivity contribution is 0.391. The lowest BCUT2D eigenvalue weighted by Gasteiger charge is -2.14. The Morgan fingerprint density at radius 3 is 2.62 bits per heavy atom. The van der Waals surface area contributed by atoms with Gasteiger partial charge in [0.1, 0.15) is 28.7 Å². The van der Waals surface area contributed by atoms with Crippen molar-refractivity contribution in [2.45, 2.75) is 6.42 Å². The number of fused-ring (bicyclic) bond motifs is 1. The minimum Gasteiger partial charge on any atom is -0.497 e. The SMILES string of the molecule is COc1ccc(Cc2c(N)nc3cc(F)cnc3c2N)c(OC)c1. The van der Waals surface area contributed by atoms with Gasteiger partial charge in [0.15, 0.2) is 0 Å². The molecule has 0 fully saturated rings. The second-order valence-corrected chi connectivity index (χ2v) is 5.27. The van der Waals surface area contributed by atoms with Gasteiger partial charge in [-0.1, -0.05) is 6.07 Å². The molecule has 0 bridgehead atoms. The summed E-state index contributed by atoms with van der Waals surface area (Å²) >= 11 is 0. The Morgan fingerprint density at radius 1 is 1.12 bits per heavy atom. The smallest absolute Gasteiger partial charge is 0.143 e. The van der Waals surface area contributed by atoms with Crippen molar-refractivity contribution >= 4 is 22.5 Å². The van der Waals surface area contributed by atoms with Gasteiger partial charge in [0.25, 0.3) is 0 Å². The van der Waals surface area contributed by atoms with Gasteiger partial charge in [0, 0.05) is 24.1 Å². The number of nitrogen functional groups attached to an aromatic ring is 2. The minimum atomic E-state index is -0.488. The van der Waals surface area contributed by atoms with Gasteiger partial charge in [-0.2, -0.15) is 0 Å². The van der Waals surface area contributed by atoms with E-state index >= 15 is 0 Å². The standard InChI is InChI=1S/C17H17FN4O2/c1-23-11-4-3-9(14(7-11)24-2)5-12-15(19)16-13(22-17(12)20)6-10(18)8-21-16/h3-4,6-8H,5H2,1-2H3,(H4,19,20,22). The number of anilines is 2. The topological polar surface area (TPSA) is 96.3 Å². The molecule has 0 spiro atoms. The minimum absolute atomic E-state index is 0.241. The van der Waals surface area contributed by atoms with Crippen molar-refractivity contribution in [1.29, 1.82) is 0 Å². The van der Waals surface area contributed by atoms with Crippen LogP contribution in [0.3, 0.4) is 0 Å². The van der Waals surface area contributed by atoms with Crippen LogP contribution in [-0.4, -0.2) is 24.2 Å². The third-order valence-electron chi connectivity index (χ3n) is 3.83. The van der Waals surface area contributed by atoms with E-state index < -0.39 is 5.82 Å². The quantitative estimate of drug-likeness (QED) is 0.764. The van der Waals surface area contributed by atoms with E-state index in [0.29, 0.717) is 40.2 Å². The molecular formula is C17H17FN4O2. The molecule has 0 saturated heterocycles. The third kappa shape index (κ3) is 2.76. The molecule has 4 N–H and O–H groups in total. The van der Waals surface area contributed by atoms with Gasteiger partial charge in [0.05, 0.1) is 31.6 Å². The maximum atomic E-state index is 13.3. The van der Waals surface area contributed by atoms with Crippen molar-refractivity contribution in [3.8, 4) is 11.5 Å². The van der Waals surface area contributed by atoms with E-state index in [1.807, 2.05) is 12.1 Å². The molecule has 7 heteroatoms. The number of methoxy groups -OCH3 is 2. The summed E-state index contributed by atoms with van der Waals surface area (Å²) in [6, 6.07) is 6.74. The van der Waals surface area contributed by atoms with Crippen LogP contribution >= 0.6 is 0 Å². The Balaban J connectivity index is 2.09. The van der Waals surface area contributed by atoms with Crippen LogP contribution in [0.5, 0.6) is 11.5 Å². The summed E-state index contributed by atoms with van der Waals surface area (Å²) in [7, 11) is 3.16. The second-order valence-electron chi connectivity index (χ2n) is 5.27. The van der Waals surface area contributed by atoms with Gasteiger partial charge in [-0.05, 0) is 11.6 Å². The van der Waals surface area contributed by atoms with E-state index in [1.165, 1.54) is 6.07 Å². The van der Waals surface area contributed by atoms with E-state index in [0.717, 1.165) is 11.8 Å². The van der Waals surface area contributed by atoms with Gasteiger partial charge < -0.3 is 20.9 Å². The molecule has 3 rings (SSSR count). The Hall–Kier alpha value is -3.09. The maximum Gasteiger partial charge on any atom is 0.143 e. The number of nitrogens with two attached hydrogens (primary N) is 2. The molecule has 0 saturated carbocycles. The molecule has 0 amide bonds. The molecular weight excluding hydrogens is 311 g/mol. The van der Waals surface area contributed by atoms with Crippen molar-refractivity contribution < 1.29 is 13.9 Å². The highest BCUT2D eigenvalue weighted by atomic mass is 19.1. The molecule has 6 nitrogen and oxygen atoms in total. The van der Waals surface area contributed by atoms with E-state index in [-0.39, 0.29) is 5.82 Å². The lowest BCUT2D eigenvalue weighted by Crippen LogP contribution is -2.07. The van der Waals surface area contributed by atoms with Gasteiger partial charge in [0.2, 0.25) is 0 Å². The van der Waals surface area contributed by atoms with Crippen molar-refractivity contribution in [2.75, 3.05) is 25.7 Å². The molecule has 3 aromatic rings. The van der Waals surface area contributed by atoms with Crippen LogP contribution in [0.4, 0.5) is 15.9 Å². The summed E-state index contributed by atoms with van der Waals surface area (Å²) in [5.41, 5.74) is 14.9. The molecule has 1 aromatic carbocycles. The van der Waals surface area contributed by atoms with Crippen LogP contribution in [0.1, 0.15) is 11.1 Å². The number of ether oxygens (including phenoxy) is 2. The Kier molecular flexibility index (Phi) is 4.07. The maximum absolute atomic E-state index is 13.3. The van der Waals surface area contributed by atoms with Crippen LogP contribution in [0.2, 0.25) is 0 Å². The summed E-state index contributed by atoms with van der Waals surface area (Å²) in [6.07, 6.45) is 1.52. The molecule has 0 unspecified atom stereocenters. The van der Waals surface area contributed by atoms with Crippen LogP contribution in [0.25, 0.3) is 11.0 Å². The zero-order valence-electron chi connectivity index (χ0n) is 13.3. The lowest BCUT2D eigenvalue weighted by atomic mass is 10.0. The summed E-state index contributed by atoms with van der Waals surface area (Å²) < 4.78 is 23.9. The fraction of sp³-hybridized carbons (Fsp3) is 0.176. The monoisotopic (exact) mass is 328 g/mol. The average Bonchev–Trinajstić information content (AvgIpc) is 2.58. The summed E-state index contributed by atoms with van der Waals surface area (Å²) in [4.78, 5) is 8.24. The predicted molar refractivity (Wildman–Crippen MR) is 90.7 cm³/mol. The number of hydrogen-bond donors (Lipinski definition) is 2. The summed E-state index contributed by atoms with van der Waals surface area (Å²) in [5, 5.41) is 0. The number of hydrogen-bond acceptors (Lipinski definition) is 6. The highest BCUT2D eigenvalue weighted by Crippen LogP contribution is 2.32. The number of pyridine rings is 2. The first-order valence-electron chi connectivity index (χ1n) is 7.23. The Bertz CT molecular complexity index is 915. The molecule has 2 aromatic heterocycles. The zero-order valence-corrected chi connectivity index (χ0v) is 13.3. The number of benzene rings is 1. The summed E-state index contributed by atoms with van der Waals surface area (Å²) in [5.74, 6) is 1.09. The fourth-order valence-corrected chi connectivity index (χ4v) is 2.57. The molecule has 24 heavy (non-hydrogen) atoms. The highest BCUT2D eigenvalue weighted by molar-refractivity contribution is 5.90. The van der Waals surface area contributed by atoms with Crippen molar-refractivity contribution in [3.63, 3.8) is 0 Å². The zero-order chi connectivity index (χ0) is 17.3. The Morgan fingerprint density at radius 2 is 1.92 bits per heavy atom. The van der Waals surface area contributed by atoms with E-state index in [9.17, 15) is 4.39 Å². The number of aromatic nitrogens is 2. The molecule has 0 aliphatic heterocycles.